The second-order valence-electron chi connectivity index (χ2n) is 12.8. The summed E-state index contributed by atoms with van der Waals surface area (Å²) >= 11 is 0. The first-order valence-electron chi connectivity index (χ1n) is 15.2. The van der Waals surface area contributed by atoms with Gasteiger partial charge in [0.25, 0.3) is 0 Å². The van der Waals surface area contributed by atoms with E-state index < -0.39 is 5.60 Å². The van der Waals surface area contributed by atoms with Crippen molar-refractivity contribution in [3.63, 3.8) is 0 Å². The van der Waals surface area contributed by atoms with Gasteiger partial charge in [0.05, 0.1) is 12.7 Å². The number of fused-ring (bicyclic) bond motifs is 1. The maximum atomic E-state index is 12.4. The van der Waals surface area contributed by atoms with Crippen LogP contribution in [0.2, 0.25) is 0 Å². The van der Waals surface area contributed by atoms with E-state index in [1.165, 1.54) is 5.56 Å². The molecule has 3 aromatic rings. The summed E-state index contributed by atoms with van der Waals surface area (Å²) in [5.41, 5.74) is 3.93. The lowest BCUT2D eigenvalue weighted by Crippen LogP contribution is -2.49. The molecule has 228 valence electrons. The van der Waals surface area contributed by atoms with Crippen molar-refractivity contribution in [3.8, 4) is 11.1 Å². The van der Waals surface area contributed by atoms with Gasteiger partial charge >= 0.3 is 6.09 Å². The van der Waals surface area contributed by atoms with Crippen LogP contribution in [0.25, 0.3) is 22.2 Å². The van der Waals surface area contributed by atoms with E-state index in [2.05, 4.69) is 50.2 Å². The third-order valence-electron chi connectivity index (χ3n) is 8.12. The quantitative estimate of drug-likeness (QED) is 0.382. The van der Waals surface area contributed by atoms with E-state index in [1.54, 1.807) is 12.0 Å². The summed E-state index contributed by atoms with van der Waals surface area (Å²) in [4.78, 5) is 26.2. The van der Waals surface area contributed by atoms with Gasteiger partial charge in [-0.05, 0) is 64.5 Å². The van der Waals surface area contributed by atoms with Crippen LogP contribution in [0.15, 0.2) is 36.7 Å². The van der Waals surface area contributed by atoms with Gasteiger partial charge in [-0.25, -0.2) is 9.78 Å². The number of anilines is 1. The summed E-state index contributed by atoms with van der Waals surface area (Å²) in [5.74, 6) is 0.593. The third-order valence-corrected chi connectivity index (χ3v) is 8.12. The average molecular weight is 579 g/mol. The number of benzene rings is 1. The Balaban J connectivity index is 1.31. The van der Waals surface area contributed by atoms with Gasteiger partial charge in [-0.1, -0.05) is 24.3 Å². The number of hydrogen-bond acceptors (Lipinski definition) is 8. The Morgan fingerprint density at radius 1 is 1.10 bits per heavy atom. The van der Waals surface area contributed by atoms with Crippen molar-refractivity contribution in [1.82, 2.24) is 24.3 Å². The number of aromatic nitrogens is 3. The minimum Gasteiger partial charge on any atom is -0.444 e. The van der Waals surface area contributed by atoms with Gasteiger partial charge in [-0.2, -0.15) is 4.98 Å². The predicted octanol–water partition coefficient (Wildman–Crippen LogP) is 5.07. The van der Waals surface area contributed by atoms with E-state index in [0.717, 1.165) is 67.5 Å². The molecule has 1 aliphatic heterocycles. The van der Waals surface area contributed by atoms with Crippen LogP contribution in [-0.2, 0) is 16.0 Å². The van der Waals surface area contributed by atoms with Crippen molar-refractivity contribution in [2.75, 3.05) is 45.2 Å². The lowest BCUT2D eigenvalue weighted by molar-refractivity contribution is 0.0139. The molecule has 2 fully saturated rings. The van der Waals surface area contributed by atoms with E-state index in [-0.39, 0.29) is 18.2 Å². The molecule has 1 saturated carbocycles. The maximum Gasteiger partial charge on any atom is 0.410 e. The van der Waals surface area contributed by atoms with Crippen molar-refractivity contribution < 1.29 is 19.4 Å². The first-order valence-corrected chi connectivity index (χ1v) is 15.2. The summed E-state index contributed by atoms with van der Waals surface area (Å²) in [6.45, 7) is 12.1. The van der Waals surface area contributed by atoms with Crippen LogP contribution in [0.4, 0.5) is 10.7 Å². The van der Waals surface area contributed by atoms with Crippen LogP contribution in [-0.4, -0.2) is 93.2 Å². The molecule has 2 N–H and O–H groups in total. The molecular formula is C32H46N6O4. The van der Waals surface area contributed by atoms with E-state index in [1.807, 2.05) is 33.9 Å². The molecule has 0 radical (unpaired) electrons. The Kier molecular flexibility index (Phi) is 9.35. The highest BCUT2D eigenvalue weighted by atomic mass is 16.6. The molecule has 5 rings (SSSR count). The fourth-order valence-corrected chi connectivity index (χ4v) is 5.92. The number of nitrogens with zero attached hydrogens (tertiary/aromatic N) is 5. The van der Waals surface area contributed by atoms with Crippen LogP contribution in [0.5, 0.6) is 0 Å². The number of nitrogens with one attached hydrogen (secondary N) is 1. The molecule has 1 atom stereocenters. The number of carbonyl (C=O) groups is 1. The van der Waals surface area contributed by atoms with Gasteiger partial charge in [0, 0.05) is 75.3 Å². The second-order valence-corrected chi connectivity index (χ2v) is 12.8. The first kappa shape index (κ1) is 30.3. The Bertz CT molecular complexity index is 1340. The van der Waals surface area contributed by atoms with Crippen LogP contribution < -0.4 is 5.32 Å². The number of carbonyl (C=O) groups excluding carboxylic acids is 1. The fraction of sp³-hybridized carbons (Fsp3) is 0.594. The van der Waals surface area contributed by atoms with Crippen molar-refractivity contribution in [2.45, 2.75) is 83.7 Å². The summed E-state index contributed by atoms with van der Waals surface area (Å²) in [6.07, 6.45) is 7.17. The normalized spacial score (nSPS) is 21.0. The standard InChI is InChI=1S/C32H46N6O4/c1-22(21-41-5)34-30-33-18-27-28(20-38(29(27)35-30)25-10-12-26(39)13-11-25)24-8-6-23(7-9-24)19-36-14-16-37(17-15-36)31(40)42-32(2,3)4/h6-9,18,20,22,25-26,39H,10-17,19,21H2,1-5H3,(H,33,34,35)/t22?,25-,26-. The summed E-state index contributed by atoms with van der Waals surface area (Å²) in [5, 5.41) is 14.5. The van der Waals surface area contributed by atoms with Gasteiger partial charge in [0.15, 0.2) is 0 Å². The highest BCUT2D eigenvalue weighted by Gasteiger charge is 2.27. The Hall–Kier alpha value is -3.21. The summed E-state index contributed by atoms with van der Waals surface area (Å²) < 4.78 is 13.1. The van der Waals surface area contributed by atoms with Gasteiger partial charge in [0.2, 0.25) is 5.95 Å². The zero-order chi connectivity index (χ0) is 29.9. The average Bonchev–Trinajstić information content (AvgIpc) is 3.32. The molecule has 10 heteroatoms. The van der Waals surface area contributed by atoms with Gasteiger partial charge < -0.3 is 29.4 Å². The van der Waals surface area contributed by atoms with E-state index in [0.29, 0.717) is 31.7 Å². The highest BCUT2D eigenvalue weighted by Crippen LogP contribution is 2.37. The Labute approximate surface area is 249 Å². The Morgan fingerprint density at radius 3 is 2.43 bits per heavy atom. The molecule has 1 aromatic carbocycles. The minimum absolute atomic E-state index is 0.0907. The lowest BCUT2D eigenvalue weighted by atomic mass is 9.93. The van der Waals surface area contributed by atoms with Crippen LogP contribution >= 0.6 is 0 Å². The number of ether oxygens (including phenoxy) is 2. The zero-order valence-corrected chi connectivity index (χ0v) is 25.7. The minimum atomic E-state index is -0.477. The summed E-state index contributed by atoms with van der Waals surface area (Å²) in [7, 11) is 1.69. The Morgan fingerprint density at radius 2 is 1.79 bits per heavy atom. The van der Waals surface area contributed by atoms with Crippen LogP contribution in [0, 0.1) is 0 Å². The number of aliphatic hydroxyl groups excluding tert-OH is 1. The smallest absolute Gasteiger partial charge is 0.410 e. The summed E-state index contributed by atoms with van der Waals surface area (Å²) in [6, 6.07) is 9.14. The monoisotopic (exact) mass is 578 g/mol. The molecule has 2 aliphatic rings. The van der Waals surface area contributed by atoms with E-state index in [4.69, 9.17) is 14.5 Å². The topological polar surface area (TPSA) is 105 Å². The van der Waals surface area contributed by atoms with Gasteiger partial charge in [0.1, 0.15) is 11.2 Å². The molecule has 10 nitrogen and oxygen atoms in total. The lowest BCUT2D eigenvalue weighted by Gasteiger charge is -2.35. The maximum absolute atomic E-state index is 12.4. The van der Waals surface area contributed by atoms with Crippen molar-refractivity contribution >= 4 is 23.1 Å². The molecule has 1 amide bonds. The second kappa shape index (κ2) is 13.0. The van der Waals surface area contributed by atoms with Gasteiger partial charge in [-0.3, -0.25) is 4.90 Å². The zero-order valence-electron chi connectivity index (χ0n) is 25.7. The molecule has 1 saturated heterocycles. The molecule has 2 aromatic heterocycles. The van der Waals surface area contributed by atoms with Crippen molar-refractivity contribution in [1.29, 1.82) is 0 Å². The molecule has 0 spiro atoms. The number of hydrogen-bond donors (Lipinski definition) is 2. The predicted molar refractivity (Wildman–Crippen MR) is 165 cm³/mol. The van der Waals surface area contributed by atoms with Crippen LogP contribution in [0.1, 0.15) is 65.0 Å². The third kappa shape index (κ3) is 7.40. The number of amides is 1. The number of rotatable bonds is 8. The van der Waals surface area contributed by atoms with Gasteiger partial charge in [-0.15, -0.1) is 0 Å². The molecule has 1 aliphatic carbocycles. The number of piperazine rings is 1. The molecule has 1 unspecified atom stereocenters. The largest absolute Gasteiger partial charge is 0.444 e. The molecule has 42 heavy (non-hydrogen) atoms. The number of aliphatic hydroxyl groups is 1. The highest BCUT2D eigenvalue weighted by molar-refractivity contribution is 5.94. The van der Waals surface area contributed by atoms with Crippen molar-refractivity contribution in [2.24, 2.45) is 0 Å². The van der Waals surface area contributed by atoms with E-state index in [9.17, 15) is 9.90 Å². The SMILES string of the molecule is COCC(C)Nc1ncc2c(-c3ccc(CN4CCN(C(=O)OC(C)(C)C)CC4)cc3)cn([C@H]3CC[C@H](O)CC3)c2n1. The molecule has 3 heterocycles. The van der Waals surface area contributed by atoms with Crippen molar-refractivity contribution in [3.05, 3.63) is 42.2 Å². The fourth-order valence-electron chi connectivity index (χ4n) is 5.92. The molecular weight excluding hydrogens is 532 g/mol. The van der Waals surface area contributed by atoms with Crippen LogP contribution in [0.3, 0.4) is 0 Å². The number of methoxy groups -OCH3 is 1. The first-order chi connectivity index (χ1) is 20.1. The molecule has 0 bridgehead atoms. The van der Waals surface area contributed by atoms with E-state index >= 15 is 0 Å².